The molecule has 4 nitrogen and oxygen atoms in total. The third-order valence-corrected chi connectivity index (χ3v) is 4.24. The number of hydrogen-bond donors (Lipinski definition) is 0. The van der Waals surface area contributed by atoms with Crippen molar-refractivity contribution in [2.45, 2.75) is 6.92 Å². The first-order valence-electron chi connectivity index (χ1n) is 8.11. The standard InChI is InChI=1S/C19H22FN3O/c1-15(16-7-9-17(20)10-8-16)21-23-13-11-22(12-14-23)18-5-3-4-6-19(18)24-2/h3-10H,11-14H2,1-2H3/b21-15+. The molecule has 1 heterocycles. The Balaban J connectivity index is 1.64. The third kappa shape index (κ3) is 3.67. The summed E-state index contributed by atoms with van der Waals surface area (Å²) in [7, 11) is 1.70. The van der Waals surface area contributed by atoms with E-state index in [0.29, 0.717) is 0 Å². The van der Waals surface area contributed by atoms with E-state index in [2.05, 4.69) is 21.1 Å². The Hall–Kier alpha value is -2.56. The van der Waals surface area contributed by atoms with Crippen molar-refractivity contribution in [3.63, 3.8) is 0 Å². The first-order valence-corrected chi connectivity index (χ1v) is 8.11. The number of rotatable bonds is 4. The van der Waals surface area contributed by atoms with Gasteiger partial charge in [-0.1, -0.05) is 24.3 Å². The second kappa shape index (κ2) is 7.34. The van der Waals surface area contributed by atoms with E-state index in [1.54, 1.807) is 19.2 Å². The van der Waals surface area contributed by atoms with Crippen LogP contribution in [0.25, 0.3) is 0 Å². The smallest absolute Gasteiger partial charge is 0.142 e. The zero-order valence-electron chi connectivity index (χ0n) is 14.1. The van der Waals surface area contributed by atoms with Crippen LogP contribution in [-0.2, 0) is 0 Å². The maximum absolute atomic E-state index is 13.0. The van der Waals surface area contributed by atoms with Crippen molar-refractivity contribution in [2.24, 2.45) is 5.10 Å². The predicted molar refractivity (Wildman–Crippen MR) is 95.4 cm³/mol. The van der Waals surface area contributed by atoms with Crippen LogP contribution in [0.15, 0.2) is 53.6 Å². The van der Waals surface area contributed by atoms with Crippen molar-refractivity contribution < 1.29 is 9.13 Å². The topological polar surface area (TPSA) is 28.1 Å². The first kappa shape index (κ1) is 16.3. The SMILES string of the molecule is COc1ccccc1N1CCN(/N=C(\C)c2ccc(F)cc2)CC1. The molecule has 126 valence electrons. The monoisotopic (exact) mass is 327 g/mol. The van der Waals surface area contributed by atoms with Crippen molar-refractivity contribution >= 4 is 11.4 Å². The van der Waals surface area contributed by atoms with Crippen LogP contribution >= 0.6 is 0 Å². The van der Waals surface area contributed by atoms with E-state index in [0.717, 1.165) is 48.9 Å². The molecule has 0 atom stereocenters. The zero-order valence-corrected chi connectivity index (χ0v) is 14.1. The fourth-order valence-corrected chi connectivity index (χ4v) is 2.89. The summed E-state index contributed by atoms with van der Waals surface area (Å²) in [5, 5.41) is 6.75. The fourth-order valence-electron chi connectivity index (χ4n) is 2.89. The summed E-state index contributed by atoms with van der Waals surface area (Å²) in [4.78, 5) is 2.32. The van der Waals surface area contributed by atoms with Crippen molar-refractivity contribution in [1.82, 2.24) is 5.01 Å². The molecule has 3 rings (SSSR count). The molecule has 0 unspecified atom stereocenters. The van der Waals surface area contributed by atoms with Crippen LogP contribution in [0, 0.1) is 5.82 Å². The lowest BCUT2D eigenvalue weighted by Crippen LogP contribution is -2.44. The van der Waals surface area contributed by atoms with E-state index in [4.69, 9.17) is 4.74 Å². The number of hydrogen-bond acceptors (Lipinski definition) is 4. The number of benzene rings is 2. The normalized spacial score (nSPS) is 15.5. The van der Waals surface area contributed by atoms with Gasteiger partial charge in [-0.2, -0.15) is 5.10 Å². The highest BCUT2D eigenvalue weighted by molar-refractivity contribution is 5.98. The van der Waals surface area contributed by atoms with Crippen molar-refractivity contribution in [3.8, 4) is 5.75 Å². The Kier molecular flexibility index (Phi) is 4.99. The molecule has 2 aromatic carbocycles. The van der Waals surface area contributed by atoms with Gasteiger partial charge >= 0.3 is 0 Å². The van der Waals surface area contributed by atoms with Crippen LogP contribution in [0.5, 0.6) is 5.75 Å². The summed E-state index contributed by atoms with van der Waals surface area (Å²) in [6.07, 6.45) is 0. The van der Waals surface area contributed by atoms with Gasteiger partial charge in [0.05, 0.1) is 31.6 Å². The summed E-state index contributed by atoms with van der Waals surface area (Å²) in [6, 6.07) is 14.5. The van der Waals surface area contributed by atoms with E-state index >= 15 is 0 Å². The Bertz CT molecular complexity index is 707. The Morgan fingerprint density at radius 1 is 1.00 bits per heavy atom. The molecular weight excluding hydrogens is 305 g/mol. The van der Waals surface area contributed by atoms with Crippen molar-refractivity contribution in [3.05, 3.63) is 59.9 Å². The average molecular weight is 327 g/mol. The Morgan fingerprint density at radius 2 is 1.67 bits per heavy atom. The molecule has 0 aliphatic carbocycles. The van der Waals surface area contributed by atoms with Crippen LogP contribution in [-0.4, -0.2) is 44.0 Å². The molecule has 1 aliphatic rings. The molecule has 0 aromatic heterocycles. The molecule has 0 amide bonds. The van der Waals surface area contributed by atoms with Crippen LogP contribution in [0.2, 0.25) is 0 Å². The lowest BCUT2D eigenvalue weighted by atomic mass is 10.1. The first-order chi connectivity index (χ1) is 11.7. The number of ether oxygens (including phenoxy) is 1. The van der Waals surface area contributed by atoms with Gasteiger partial charge < -0.3 is 9.64 Å². The predicted octanol–water partition coefficient (Wildman–Crippen LogP) is 3.38. The molecular formula is C19H22FN3O. The van der Waals surface area contributed by atoms with Gasteiger partial charge in [-0.3, -0.25) is 5.01 Å². The number of anilines is 1. The summed E-state index contributed by atoms with van der Waals surface area (Å²) < 4.78 is 18.5. The number of piperazine rings is 1. The van der Waals surface area contributed by atoms with Gasteiger partial charge in [0.25, 0.3) is 0 Å². The molecule has 0 spiro atoms. The molecule has 1 fully saturated rings. The number of hydrazone groups is 1. The van der Waals surface area contributed by atoms with Gasteiger partial charge in [0.15, 0.2) is 0 Å². The second-order valence-electron chi connectivity index (χ2n) is 5.80. The van der Waals surface area contributed by atoms with Crippen LogP contribution < -0.4 is 9.64 Å². The van der Waals surface area contributed by atoms with Gasteiger partial charge in [-0.15, -0.1) is 0 Å². The summed E-state index contributed by atoms with van der Waals surface area (Å²) in [6.45, 7) is 5.42. The molecule has 1 saturated heterocycles. The Morgan fingerprint density at radius 3 is 2.33 bits per heavy atom. The molecule has 0 N–H and O–H groups in total. The van der Waals surface area contributed by atoms with E-state index in [1.165, 1.54) is 12.1 Å². The third-order valence-electron chi connectivity index (χ3n) is 4.24. The van der Waals surface area contributed by atoms with E-state index in [1.807, 2.05) is 25.1 Å². The number of methoxy groups -OCH3 is 1. The molecule has 0 bridgehead atoms. The van der Waals surface area contributed by atoms with Gasteiger partial charge in [0.1, 0.15) is 11.6 Å². The molecule has 24 heavy (non-hydrogen) atoms. The maximum Gasteiger partial charge on any atom is 0.142 e. The highest BCUT2D eigenvalue weighted by Gasteiger charge is 2.18. The minimum atomic E-state index is -0.225. The minimum Gasteiger partial charge on any atom is -0.495 e. The summed E-state index contributed by atoms with van der Waals surface area (Å²) >= 11 is 0. The molecule has 0 saturated carbocycles. The quantitative estimate of drug-likeness (QED) is 0.806. The average Bonchev–Trinajstić information content (AvgIpc) is 2.63. The molecule has 5 heteroatoms. The lowest BCUT2D eigenvalue weighted by molar-refractivity contribution is 0.269. The van der Waals surface area contributed by atoms with Crippen LogP contribution in [0.1, 0.15) is 12.5 Å². The van der Waals surface area contributed by atoms with Gasteiger partial charge in [0.2, 0.25) is 0 Å². The fraction of sp³-hybridized carbons (Fsp3) is 0.316. The largest absolute Gasteiger partial charge is 0.495 e. The molecule has 1 aliphatic heterocycles. The second-order valence-corrected chi connectivity index (χ2v) is 5.80. The van der Waals surface area contributed by atoms with E-state index < -0.39 is 0 Å². The zero-order chi connectivity index (χ0) is 16.9. The molecule has 0 radical (unpaired) electrons. The molecule has 2 aromatic rings. The number of halogens is 1. The summed E-state index contributed by atoms with van der Waals surface area (Å²) in [5.41, 5.74) is 2.98. The number of nitrogens with zero attached hydrogens (tertiary/aromatic N) is 3. The van der Waals surface area contributed by atoms with Gasteiger partial charge in [-0.05, 0) is 36.8 Å². The lowest BCUT2D eigenvalue weighted by Gasteiger charge is -2.35. The summed E-state index contributed by atoms with van der Waals surface area (Å²) in [5.74, 6) is 0.675. The Labute approximate surface area is 142 Å². The van der Waals surface area contributed by atoms with Crippen molar-refractivity contribution in [1.29, 1.82) is 0 Å². The highest BCUT2D eigenvalue weighted by Crippen LogP contribution is 2.28. The number of para-hydroxylation sites is 2. The van der Waals surface area contributed by atoms with Gasteiger partial charge in [0, 0.05) is 13.1 Å². The van der Waals surface area contributed by atoms with Crippen molar-refractivity contribution in [2.75, 3.05) is 38.2 Å². The minimum absolute atomic E-state index is 0.225. The maximum atomic E-state index is 13.0. The van der Waals surface area contributed by atoms with Crippen LogP contribution in [0.3, 0.4) is 0 Å². The van der Waals surface area contributed by atoms with Crippen LogP contribution in [0.4, 0.5) is 10.1 Å². The van der Waals surface area contributed by atoms with E-state index in [-0.39, 0.29) is 5.82 Å². The highest BCUT2D eigenvalue weighted by atomic mass is 19.1. The van der Waals surface area contributed by atoms with Gasteiger partial charge in [-0.25, -0.2) is 4.39 Å². The van der Waals surface area contributed by atoms with E-state index in [9.17, 15) is 4.39 Å².